The summed E-state index contributed by atoms with van der Waals surface area (Å²) in [7, 11) is 3.55. The van der Waals surface area contributed by atoms with Crippen molar-refractivity contribution in [1.29, 1.82) is 0 Å². The lowest BCUT2D eigenvalue weighted by molar-refractivity contribution is 0.0170. The molecule has 2 saturated heterocycles. The average molecular weight is 560 g/mol. The van der Waals surface area contributed by atoms with Crippen LogP contribution in [0.15, 0.2) is 29.3 Å². The fourth-order valence-corrected chi connectivity index (χ4v) is 4.59. The Hall–Kier alpha value is -1.10. The van der Waals surface area contributed by atoms with Gasteiger partial charge in [0, 0.05) is 45.8 Å². The zero-order valence-electron chi connectivity index (χ0n) is 20.2. The highest BCUT2D eigenvalue weighted by Gasteiger charge is 2.24. The second-order valence-electron chi connectivity index (χ2n) is 8.86. The van der Waals surface area contributed by atoms with Crippen LogP contribution in [0.1, 0.15) is 38.3 Å². The highest BCUT2D eigenvalue weighted by atomic mass is 127. The van der Waals surface area contributed by atoms with Gasteiger partial charge in [-0.05, 0) is 49.9 Å². The smallest absolute Gasteiger partial charge is 0.191 e. The van der Waals surface area contributed by atoms with Crippen molar-refractivity contribution >= 4 is 29.9 Å². The number of methoxy groups -OCH3 is 1. The zero-order valence-corrected chi connectivity index (χ0v) is 22.5. The molecule has 32 heavy (non-hydrogen) atoms. The van der Waals surface area contributed by atoms with E-state index in [1.165, 1.54) is 31.5 Å². The maximum absolute atomic E-state index is 5.58. The molecule has 0 saturated carbocycles. The summed E-state index contributed by atoms with van der Waals surface area (Å²) in [5.41, 5.74) is 1.28. The standard InChI is InChI=1S/C24H41N5O2.HI/c1-19-6-5-11-29(18-19)20(2)16-26-24(25-3)27-17-23(28-12-14-31-15-13-28)21-7-9-22(30-4)10-8-21;/h7-10,19-20,23H,5-6,11-18H2,1-4H3,(H2,25,26,27);1H. The minimum Gasteiger partial charge on any atom is -0.497 e. The molecule has 0 aliphatic carbocycles. The first-order valence-electron chi connectivity index (χ1n) is 11.7. The molecule has 2 aliphatic heterocycles. The van der Waals surface area contributed by atoms with Crippen molar-refractivity contribution in [1.82, 2.24) is 20.4 Å². The quantitative estimate of drug-likeness (QED) is 0.290. The van der Waals surface area contributed by atoms with Crippen LogP contribution in [-0.2, 0) is 4.74 Å². The van der Waals surface area contributed by atoms with Crippen LogP contribution < -0.4 is 15.4 Å². The molecule has 3 rings (SSSR count). The van der Waals surface area contributed by atoms with Gasteiger partial charge in [0.15, 0.2) is 5.96 Å². The van der Waals surface area contributed by atoms with Crippen LogP contribution >= 0.6 is 24.0 Å². The first-order valence-corrected chi connectivity index (χ1v) is 11.7. The molecule has 2 N–H and O–H groups in total. The number of hydrogen-bond acceptors (Lipinski definition) is 5. The topological polar surface area (TPSA) is 61.4 Å². The van der Waals surface area contributed by atoms with E-state index in [-0.39, 0.29) is 30.0 Å². The molecule has 2 aliphatic rings. The van der Waals surface area contributed by atoms with E-state index in [2.05, 4.69) is 51.4 Å². The van der Waals surface area contributed by atoms with Crippen molar-refractivity contribution in [2.75, 3.05) is 66.6 Å². The molecule has 7 nitrogen and oxygen atoms in total. The monoisotopic (exact) mass is 559 g/mol. The van der Waals surface area contributed by atoms with Crippen molar-refractivity contribution in [3.63, 3.8) is 0 Å². The Morgan fingerprint density at radius 3 is 2.44 bits per heavy atom. The van der Waals surface area contributed by atoms with Gasteiger partial charge in [0.25, 0.3) is 0 Å². The van der Waals surface area contributed by atoms with Gasteiger partial charge < -0.3 is 20.1 Å². The summed E-state index contributed by atoms with van der Waals surface area (Å²) >= 11 is 0. The molecule has 3 unspecified atom stereocenters. The maximum atomic E-state index is 5.58. The van der Waals surface area contributed by atoms with Gasteiger partial charge in [0.1, 0.15) is 5.75 Å². The first kappa shape index (κ1) is 27.1. The second-order valence-corrected chi connectivity index (χ2v) is 8.86. The van der Waals surface area contributed by atoms with Crippen LogP contribution in [0.5, 0.6) is 5.75 Å². The number of rotatable bonds is 8. The normalized spacial score (nSPS) is 22.5. The third-order valence-corrected chi connectivity index (χ3v) is 6.55. The van der Waals surface area contributed by atoms with Gasteiger partial charge in [-0.2, -0.15) is 0 Å². The number of likely N-dealkylation sites (tertiary alicyclic amines) is 1. The Morgan fingerprint density at radius 2 is 1.81 bits per heavy atom. The van der Waals surface area contributed by atoms with Crippen LogP contribution in [0, 0.1) is 5.92 Å². The summed E-state index contributed by atoms with van der Waals surface area (Å²) in [5.74, 6) is 2.55. The average Bonchev–Trinajstić information content (AvgIpc) is 2.82. The summed E-state index contributed by atoms with van der Waals surface area (Å²) in [5, 5.41) is 7.11. The Kier molecular flexibility index (Phi) is 12.1. The van der Waals surface area contributed by atoms with Crippen LogP contribution in [0.3, 0.4) is 0 Å². The van der Waals surface area contributed by atoms with E-state index in [9.17, 15) is 0 Å². The lowest BCUT2D eigenvalue weighted by Gasteiger charge is -2.36. The highest BCUT2D eigenvalue weighted by molar-refractivity contribution is 14.0. The van der Waals surface area contributed by atoms with Crippen molar-refractivity contribution in [2.45, 2.75) is 38.8 Å². The van der Waals surface area contributed by atoms with Crippen LogP contribution in [0.2, 0.25) is 0 Å². The third-order valence-electron chi connectivity index (χ3n) is 6.55. The molecule has 0 amide bonds. The lowest BCUT2D eigenvalue weighted by Crippen LogP contribution is -2.50. The molecule has 2 heterocycles. The van der Waals surface area contributed by atoms with Gasteiger partial charge in [-0.15, -0.1) is 24.0 Å². The number of halogens is 1. The van der Waals surface area contributed by atoms with Gasteiger partial charge in [0.05, 0.1) is 26.4 Å². The van der Waals surface area contributed by atoms with Gasteiger partial charge >= 0.3 is 0 Å². The number of nitrogens with one attached hydrogen (secondary N) is 2. The number of aliphatic imine (C=N–C) groups is 1. The fraction of sp³-hybridized carbons (Fsp3) is 0.708. The Bertz CT molecular complexity index is 681. The number of piperidine rings is 1. The van der Waals surface area contributed by atoms with Crippen LogP contribution in [0.25, 0.3) is 0 Å². The Labute approximate surface area is 211 Å². The van der Waals surface area contributed by atoms with E-state index < -0.39 is 0 Å². The van der Waals surface area contributed by atoms with Crippen LogP contribution in [-0.4, -0.2) is 88.4 Å². The third kappa shape index (κ3) is 8.04. The number of benzene rings is 1. The maximum Gasteiger partial charge on any atom is 0.191 e. The molecular formula is C24H42IN5O2. The molecule has 182 valence electrons. The minimum absolute atomic E-state index is 0. The summed E-state index contributed by atoms with van der Waals surface area (Å²) in [6, 6.07) is 9.16. The predicted octanol–water partition coefficient (Wildman–Crippen LogP) is 2.97. The number of morpholine rings is 1. The number of ether oxygens (including phenoxy) is 2. The van der Waals surface area contributed by atoms with E-state index in [0.29, 0.717) is 6.04 Å². The van der Waals surface area contributed by atoms with Crippen molar-refractivity contribution in [2.24, 2.45) is 10.9 Å². The highest BCUT2D eigenvalue weighted by Crippen LogP contribution is 2.23. The number of hydrogen-bond donors (Lipinski definition) is 2. The van der Waals surface area contributed by atoms with E-state index in [1.54, 1.807) is 7.11 Å². The zero-order chi connectivity index (χ0) is 22.1. The first-order chi connectivity index (χ1) is 15.1. The molecule has 1 aromatic rings. The lowest BCUT2D eigenvalue weighted by atomic mass is 9.99. The van der Waals surface area contributed by atoms with Crippen molar-refractivity contribution in [3.8, 4) is 5.75 Å². The van der Waals surface area contributed by atoms with E-state index in [4.69, 9.17) is 9.47 Å². The molecule has 0 aromatic heterocycles. The summed E-state index contributed by atoms with van der Waals surface area (Å²) < 4.78 is 10.9. The fourth-order valence-electron chi connectivity index (χ4n) is 4.59. The molecule has 1 aromatic carbocycles. The predicted molar refractivity (Wildman–Crippen MR) is 142 cm³/mol. The number of nitrogens with zero attached hydrogens (tertiary/aromatic N) is 3. The molecule has 0 radical (unpaired) electrons. The van der Waals surface area contributed by atoms with E-state index >= 15 is 0 Å². The summed E-state index contributed by atoms with van der Waals surface area (Å²) in [6.07, 6.45) is 2.66. The minimum atomic E-state index is 0. The molecule has 0 spiro atoms. The van der Waals surface area contributed by atoms with Gasteiger partial charge in [-0.1, -0.05) is 19.1 Å². The molecular weight excluding hydrogens is 517 g/mol. The van der Waals surface area contributed by atoms with Crippen molar-refractivity contribution < 1.29 is 9.47 Å². The van der Waals surface area contributed by atoms with Gasteiger partial charge in [-0.3, -0.25) is 14.8 Å². The van der Waals surface area contributed by atoms with Gasteiger partial charge in [-0.25, -0.2) is 0 Å². The van der Waals surface area contributed by atoms with E-state index in [0.717, 1.165) is 57.0 Å². The molecule has 3 atom stereocenters. The van der Waals surface area contributed by atoms with Crippen LogP contribution in [0.4, 0.5) is 0 Å². The summed E-state index contributed by atoms with van der Waals surface area (Å²) in [4.78, 5) is 9.56. The largest absolute Gasteiger partial charge is 0.497 e. The molecule has 8 heteroatoms. The second kappa shape index (κ2) is 14.2. The van der Waals surface area contributed by atoms with Gasteiger partial charge in [0.2, 0.25) is 0 Å². The van der Waals surface area contributed by atoms with E-state index in [1.807, 2.05) is 19.2 Å². The molecule has 2 fully saturated rings. The van der Waals surface area contributed by atoms with Crippen molar-refractivity contribution in [3.05, 3.63) is 29.8 Å². The Balaban J connectivity index is 0.00000363. The molecule has 0 bridgehead atoms. The SMILES string of the molecule is CN=C(NCC(C)N1CCCC(C)C1)NCC(c1ccc(OC)cc1)N1CCOCC1.I. The number of guanidine groups is 1. The Morgan fingerprint density at radius 1 is 1.12 bits per heavy atom. The summed E-state index contributed by atoms with van der Waals surface area (Å²) in [6.45, 7) is 12.2.